The fourth-order valence-corrected chi connectivity index (χ4v) is 2.79. The van der Waals surface area contributed by atoms with Gasteiger partial charge < -0.3 is 20.2 Å². The fourth-order valence-electron chi connectivity index (χ4n) is 2.79. The minimum absolute atomic E-state index is 0.0122. The lowest BCUT2D eigenvalue weighted by Crippen LogP contribution is -2.46. The first-order valence-corrected chi connectivity index (χ1v) is 7.94. The quantitative estimate of drug-likeness (QED) is 0.870. The van der Waals surface area contributed by atoms with Gasteiger partial charge in [-0.3, -0.25) is 4.79 Å². The average molecular weight is 333 g/mol. The summed E-state index contributed by atoms with van der Waals surface area (Å²) in [6.45, 7) is 1.26. The maximum absolute atomic E-state index is 12.3. The van der Waals surface area contributed by atoms with E-state index in [-0.39, 0.29) is 30.0 Å². The Morgan fingerprint density at radius 2 is 1.92 bits per heavy atom. The molecule has 1 aliphatic heterocycles. The van der Waals surface area contributed by atoms with Crippen molar-refractivity contribution in [1.29, 1.82) is 0 Å². The predicted octanol–water partition coefficient (Wildman–Crippen LogP) is 1.36. The van der Waals surface area contributed by atoms with E-state index in [0.29, 0.717) is 13.1 Å². The molecule has 0 aliphatic carbocycles. The van der Waals surface area contributed by atoms with Crippen LogP contribution in [0.2, 0.25) is 0 Å². The molecule has 2 N–H and O–H groups in total. The molecule has 0 aromatic heterocycles. The van der Waals surface area contributed by atoms with Gasteiger partial charge in [0.05, 0.1) is 12.1 Å². The zero-order valence-corrected chi connectivity index (χ0v) is 14.0. The summed E-state index contributed by atoms with van der Waals surface area (Å²) in [6, 6.07) is 6.53. The average Bonchev–Trinajstić information content (AvgIpc) is 2.59. The van der Waals surface area contributed by atoms with Gasteiger partial charge in [-0.05, 0) is 30.5 Å². The van der Waals surface area contributed by atoms with Crippen molar-refractivity contribution in [3.63, 3.8) is 0 Å². The number of carboxylic acid groups (broad SMARTS) is 1. The molecule has 2 rings (SSSR count). The number of carboxylic acids is 1. The number of piperidine rings is 1. The highest BCUT2D eigenvalue weighted by atomic mass is 16.4. The molecule has 7 nitrogen and oxygen atoms in total. The number of hydrogen-bond donors (Lipinski definition) is 2. The van der Waals surface area contributed by atoms with E-state index in [1.165, 1.54) is 4.90 Å². The van der Waals surface area contributed by atoms with Crippen molar-refractivity contribution in [3.8, 4) is 0 Å². The van der Waals surface area contributed by atoms with Crippen LogP contribution < -0.4 is 5.32 Å². The molecule has 0 bridgehead atoms. The molecule has 0 saturated carbocycles. The van der Waals surface area contributed by atoms with Gasteiger partial charge >= 0.3 is 12.0 Å². The first-order chi connectivity index (χ1) is 11.4. The van der Waals surface area contributed by atoms with Crippen LogP contribution in [0.3, 0.4) is 0 Å². The Morgan fingerprint density at radius 3 is 2.50 bits per heavy atom. The molecule has 1 fully saturated rings. The molecule has 24 heavy (non-hydrogen) atoms. The number of carbonyl (C=O) groups is 3. The van der Waals surface area contributed by atoms with Gasteiger partial charge in [-0.25, -0.2) is 9.59 Å². The topological polar surface area (TPSA) is 90.0 Å². The lowest BCUT2D eigenvalue weighted by molar-refractivity contribution is -0.131. The number of nitrogens with one attached hydrogen (secondary N) is 1. The van der Waals surface area contributed by atoms with Gasteiger partial charge in [0.25, 0.3) is 0 Å². The van der Waals surface area contributed by atoms with E-state index in [1.54, 1.807) is 31.1 Å². The number of amides is 3. The van der Waals surface area contributed by atoms with Crippen LogP contribution >= 0.6 is 0 Å². The first-order valence-electron chi connectivity index (χ1n) is 7.94. The van der Waals surface area contributed by atoms with Gasteiger partial charge in [0, 0.05) is 33.1 Å². The first kappa shape index (κ1) is 17.8. The lowest BCUT2D eigenvalue weighted by atomic mass is 9.90. The van der Waals surface area contributed by atoms with Crippen LogP contribution in [-0.2, 0) is 4.79 Å². The van der Waals surface area contributed by atoms with Gasteiger partial charge in [0.1, 0.15) is 0 Å². The highest BCUT2D eigenvalue weighted by Gasteiger charge is 2.25. The van der Waals surface area contributed by atoms with Gasteiger partial charge in [-0.2, -0.15) is 0 Å². The monoisotopic (exact) mass is 333 g/mol. The van der Waals surface area contributed by atoms with Crippen molar-refractivity contribution < 1.29 is 19.5 Å². The number of urea groups is 1. The van der Waals surface area contributed by atoms with Gasteiger partial charge in [-0.15, -0.1) is 0 Å². The SMILES string of the molecule is CN(C)C(=O)NCC(=O)N1CCCC(c2ccc(C(=O)O)cc2)C1. The number of nitrogens with zero attached hydrogens (tertiary/aromatic N) is 2. The van der Waals surface area contributed by atoms with Gasteiger partial charge in [0.2, 0.25) is 5.91 Å². The Labute approximate surface area is 141 Å². The van der Waals surface area contributed by atoms with Crippen LogP contribution in [0.15, 0.2) is 24.3 Å². The summed E-state index contributed by atoms with van der Waals surface area (Å²) in [5.74, 6) is -0.856. The van der Waals surface area contributed by atoms with Crippen molar-refractivity contribution in [2.45, 2.75) is 18.8 Å². The Bertz CT molecular complexity index is 613. The minimum atomic E-state index is -0.946. The van der Waals surface area contributed by atoms with E-state index in [0.717, 1.165) is 18.4 Å². The van der Waals surface area contributed by atoms with E-state index in [4.69, 9.17) is 5.11 Å². The Balaban J connectivity index is 1.94. The van der Waals surface area contributed by atoms with Crippen LogP contribution in [0.5, 0.6) is 0 Å². The van der Waals surface area contributed by atoms with E-state index in [2.05, 4.69) is 5.32 Å². The smallest absolute Gasteiger partial charge is 0.335 e. The molecule has 7 heteroatoms. The highest BCUT2D eigenvalue weighted by Crippen LogP contribution is 2.27. The number of rotatable bonds is 4. The summed E-state index contributed by atoms with van der Waals surface area (Å²) in [5.41, 5.74) is 1.30. The zero-order chi connectivity index (χ0) is 17.7. The number of benzene rings is 1. The van der Waals surface area contributed by atoms with E-state index in [1.807, 2.05) is 12.1 Å². The highest BCUT2D eigenvalue weighted by molar-refractivity contribution is 5.87. The minimum Gasteiger partial charge on any atom is -0.478 e. The fraction of sp³-hybridized carbons (Fsp3) is 0.471. The second kappa shape index (κ2) is 7.81. The van der Waals surface area contributed by atoms with Gasteiger partial charge in [-0.1, -0.05) is 12.1 Å². The van der Waals surface area contributed by atoms with Gasteiger partial charge in [0.15, 0.2) is 0 Å². The number of hydrogen-bond acceptors (Lipinski definition) is 3. The van der Waals surface area contributed by atoms with E-state index >= 15 is 0 Å². The zero-order valence-electron chi connectivity index (χ0n) is 14.0. The number of carbonyl (C=O) groups excluding carboxylic acids is 2. The second-order valence-electron chi connectivity index (χ2n) is 6.16. The third-order valence-electron chi connectivity index (χ3n) is 4.20. The summed E-state index contributed by atoms with van der Waals surface area (Å²) >= 11 is 0. The summed E-state index contributed by atoms with van der Waals surface area (Å²) in [6.07, 6.45) is 1.85. The van der Waals surface area contributed by atoms with E-state index in [9.17, 15) is 14.4 Å². The standard InChI is InChI=1S/C17H23N3O4/c1-19(2)17(24)18-10-15(21)20-9-3-4-14(11-20)12-5-7-13(8-6-12)16(22)23/h5-8,14H,3-4,9-11H2,1-2H3,(H,18,24)(H,22,23). The summed E-state index contributed by atoms with van der Waals surface area (Å²) in [4.78, 5) is 37.8. The Hall–Kier alpha value is -2.57. The van der Waals surface area contributed by atoms with Crippen molar-refractivity contribution in [3.05, 3.63) is 35.4 Å². The van der Waals surface area contributed by atoms with Crippen molar-refractivity contribution in [2.24, 2.45) is 0 Å². The van der Waals surface area contributed by atoms with E-state index < -0.39 is 5.97 Å². The lowest BCUT2D eigenvalue weighted by Gasteiger charge is -2.33. The Morgan fingerprint density at radius 1 is 1.25 bits per heavy atom. The third-order valence-corrected chi connectivity index (χ3v) is 4.20. The molecule has 0 radical (unpaired) electrons. The predicted molar refractivity (Wildman–Crippen MR) is 89.0 cm³/mol. The molecule has 1 saturated heterocycles. The molecule has 1 heterocycles. The third kappa shape index (κ3) is 4.47. The molecular formula is C17H23N3O4. The maximum atomic E-state index is 12.3. The van der Waals surface area contributed by atoms with Crippen molar-refractivity contribution in [1.82, 2.24) is 15.1 Å². The van der Waals surface area contributed by atoms with Crippen LogP contribution in [-0.4, -0.2) is 66.5 Å². The normalized spacial score (nSPS) is 17.2. The molecule has 1 unspecified atom stereocenters. The summed E-state index contributed by atoms with van der Waals surface area (Å²) < 4.78 is 0. The van der Waals surface area contributed by atoms with Crippen molar-refractivity contribution in [2.75, 3.05) is 33.7 Å². The summed E-state index contributed by atoms with van der Waals surface area (Å²) in [5, 5.41) is 11.5. The molecule has 130 valence electrons. The largest absolute Gasteiger partial charge is 0.478 e. The molecule has 1 aromatic rings. The second-order valence-corrected chi connectivity index (χ2v) is 6.16. The molecule has 1 atom stereocenters. The number of aromatic carboxylic acids is 1. The van der Waals surface area contributed by atoms with Crippen LogP contribution in [0.1, 0.15) is 34.7 Å². The summed E-state index contributed by atoms with van der Waals surface area (Å²) in [7, 11) is 3.25. The van der Waals surface area contributed by atoms with Crippen LogP contribution in [0.4, 0.5) is 4.79 Å². The van der Waals surface area contributed by atoms with Crippen molar-refractivity contribution >= 4 is 17.9 Å². The molecular weight excluding hydrogens is 310 g/mol. The maximum Gasteiger partial charge on any atom is 0.335 e. The molecule has 1 aromatic carbocycles. The Kier molecular flexibility index (Phi) is 5.78. The molecule has 0 spiro atoms. The molecule has 3 amide bonds. The van der Waals surface area contributed by atoms with Crippen LogP contribution in [0.25, 0.3) is 0 Å². The number of likely N-dealkylation sites (tertiary alicyclic amines) is 1. The van der Waals surface area contributed by atoms with Crippen LogP contribution in [0, 0.1) is 0 Å². The molecule has 1 aliphatic rings.